The van der Waals surface area contributed by atoms with Crippen molar-refractivity contribution in [3.8, 4) is 5.75 Å². The van der Waals surface area contributed by atoms with E-state index in [1.54, 1.807) is 18.2 Å². The molecule has 0 saturated carbocycles. The van der Waals surface area contributed by atoms with E-state index in [1.165, 1.54) is 6.07 Å². The van der Waals surface area contributed by atoms with Crippen LogP contribution in [0.5, 0.6) is 5.75 Å². The number of hydrogen-bond acceptors (Lipinski definition) is 4. The van der Waals surface area contributed by atoms with Gasteiger partial charge in [0.15, 0.2) is 0 Å². The van der Waals surface area contributed by atoms with Gasteiger partial charge in [-0.2, -0.15) is 0 Å². The maximum atomic E-state index is 12.5. The zero-order chi connectivity index (χ0) is 17.3. The Morgan fingerprint density at radius 1 is 1.12 bits per heavy atom. The topological polar surface area (TPSA) is 97.2 Å². The maximum absolute atomic E-state index is 12.5. The lowest BCUT2D eigenvalue weighted by Gasteiger charge is -2.08. The summed E-state index contributed by atoms with van der Waals surface area (Å²) in [7, 11) is 0. The predicted molar refractivity (Wildman–Crippen MR) is 90.8 cm³/mol. The molecule has 0 aliphatic heterocycles. The van der Waals surface area contributed by atoms with E-state index in [4.69, 9.17) is 10.6 Å². The average Bonchev–Trinajstić information content (AvgIpc) is 2.91. The number of nitrogens with one attached hydrogen (secondary N) is 2. The van der Waals surface area contributed by atoms with Crippen molar-refractivity contribution < 1.29 is 14.3 Å². The van der Waals surface area contributed by atoms with Crippen molar-refractivity contribution in [2.45, 2.75) is 13.8 Å². The Hall–Kier alpha value is -3.12. The molecule has 0 aliphatic rings. The molecule has 0 unspecified atom stereocenters. The van der Waals surface area contributed by atoms with Gasteiger partial charge in [-0.05, 0) is 43.7 Å². The van der Waals surface area contributed by atoms with Crippen molar-refractivity contribution in [1.29, 1.82) is 0 Å². The van der Waals surface area contributed by atoms with E-state index in [0.717, 1.165) is 22.0 Å². The second-order valence-electron chi connectivity index (χ2n) is 5.53. The number of fused-ring (bicyclic) bond motifs is 1. The number of para-hydroxylation sites is 1. The molecule has 3 aromatic rings. The summed E-state index contributed by atoms with van der Waals surface area (Å²) in [6.45, 7) is 3.85. The Bertz CT molecular complexity index is 944. The SMILES string of the molecule is Cc1ccc2[nH]c(C(=O)Oc3ccccc3C(=O)NN)c(C)c2c1. The highest BCUT2D eigenvalue weighted by molar-refractivity contribution is 6.01. The first-order valence-corrected chi connectivity index (χ1v) is 7.42. The lowest BCUT2D eigenvalue weighted by Crippen LogP contribution is -2.30. The van der Waals surface area contributed by atoms with Gasteiger partial charge in [0.05, 0.1) is 5.56 Å². The predicted octanol–water partition coefficient (Wildman–Crippen LogP) is 2.61. The largest absolute Gasteiger partial charge is 0.421 e. The third-order valence-corrected chi connectivity index (χ3v) is 3.88. The van der Waals surface area contributed by atoms with Gasteiger partial charge in [-0.1, -0.05) is 23.8 Å². The van der Waals surface area contributed by atoms with Crippen LogP contribution in [0.2, 0.25) is 0 Å². The van der Waals surface area contributed by atoms with Crippen LogP contribution in [0.25, 0.3) is 10.9 Å². The number of carbonyl (C=O) groups excluding carboxylic acids is 2. The summed E-state index contributed by atoms with van der Waals surface area (Å²) in [6.07, 6.45) is 0. The monoisotopic (exact) mass is 323 g/mol. The van der Waals surface area contributed by atoms with Gasteiger partial charge in [0.1, 0.15) is 11.4 Å². The fourth-order valence-electron chi connectivity index (χ4n) is 2.62. The fraction of sp³-hybridized carbons (Fsp3) is 0.111. The Balaban J connectivity index is 1.97. The van der Waals surface area contributed by atoms with E-state index >= 15 is 0 Å². The number of hydrazine groups is 1. The smallest absolute Gasteiger partial charge is 0.360 e. The van der Waals surface area contributed by atoms with E-state index in [9.17, 15) is 9.59 Å². The Kier molecular flexibility index (Phi) is 4.05. The van der Waals surface area contributed by atoms with Gasteiger partial charge in [0, 0.05) is 10.9 Å². The molecule has 6 heteroatoms. The zero-order valence-electron chi connectivity index (χ0n) is 13.3. The first-order chi connectivity index (χ1) is 11.5. The summed E-state index contributed by atoms with van der Waals surface area (Å²) in [5, 5.41) is 0.968. The highest BCUT2D eigenvalue weighted by atomic mass is 16.5. The highest BCUT2D eigenvalue weighted by Crippen LogP contribution is 2.25. The van der Waals surface area contributed by atoms with Crippen LogP contribution in [-0.2, 0) is 0 Å². The maximum Gasteiger partial charge on any atom is 0.360 e. The molecule has 1 aromatic heterocycles. The van der Waals surface area contributed by atoms with Gasteiger partial charge >= 0.3 is 5.97 Å². The van der Waals surface area contributed by atoms with Crippen LogP contribution >= 0.6 is 0 Å². The number of H-pyrrole nitrogens is 1. The Morgan fingerprint density at radius 2 is 1.88 bits per heavy atom. The number of esters is 1. The number of aromatic amines is 1. The van der Waals surface area contributed by atoms with Crippen molar-refractivity contribution in [1.82, 2.24) is 10.4 Å². The number of hydrogen-bond donors (Lipinski definition) is 3. The summed E-state index contributed by atoms with van der Waals surface area (Å²) in [6, 6.07) is 12.3. The number of aryl methyl sites for hydroxylation is 2. The second kappa shape index (κ2) is 6.17. The van der Waals surface area contributed by atoms with Crippen molar-refractivity contribution in [3.05, 3.63) is 64.8 Å². The van der Waals surface area contributed by atoms with Crippen molar-refractivity contribution in [2.75, 3.05) is 0 Å². The summed E-state index contributed by atoms with van der Waals surface area (Å²) in [4.78, 5) is 27.4. The molecule has 0 aliphatic carbocycles. The van der Waals surface area contributed by atoms with E-state index < -0.39 is 11.9 Å². The summed E-state index contributed by atoms with van der Waals surface area (Å²) >= 11 is 0. The lowest BCUT2D eigenvalue weighted by atomic mass is 10.1. The lowest BCUT2D eigenvalue weighted by molar-refractivity contribution is 0.0726. The van der Waals surface area contributed by atoms with Crippen LogP contribution in [0.3, 0.4) is 0 Å². The third kappa shape index (κ3) is 2.75. The minimum Gasteiger partial charge on any atom is -0.421 e. The van der Waals surface area contributed by atoms with Gasteiger partial charge in [0.25, 0.3) is 5.91 Å². The molecular weight excluding hydrogens is 306 g/mol. The molecule has 0 spiro atoms. The number of amides is 1. The summed E-state index contributed by atoms with van der Waals surface area (Å²) in [5.74, 6) is 4.23. The molecule has 2 aromatic carbocycles. The molecule has 6 nitrogen and oxygen atoms in total. The molecule has 0 bridgehead atoms. The molecule has 0 atom stereocenters. The van der Waals surface area contributed by atoms with Crippen molar-refractivity contribution in [3.63, 3.8) is 0 Å². The highest BCUT2D eigenvalue weighted by Gasteiger charge is 2.19. The van der Waals surface area contributed by atoms with Crippen LogP contribution in [0, 0.1) is 13.8 Å². The molecule has 24 heavy (non-hydrogen) atoms. The zero-order valence-corrected chi connectivity index (χ0v) is 13.3. The molecule has 0 radical (unpaired) electrons. The number of nitrogens with two attached hydrogens (primary N) is 1. The van der Waals surface area contributed by atoms with Crippen molar-refractivity contribution in [2.24, 2.45) is 5.84 Å². The fourth-order valence-corrected chi connectivity index (χ4v) is 2.62. The molecule has 0 fully saturated rings. The molecular formula is C18H17N3O3. The van der Waals surface area contributed by atoms with Gasteiger partial charge in [-0.3, -0.25) is 10.2 Å². The minimum atomic E-state index is -0.557. The van der Waals surface area contributed by atoms with Crippen molar-refractivity contribution >= 4 is 22.8 Å². The minimum absolute atomic E-state index is 0.152. The quantitative estimate of drug-likeness (QED) is 0.227. The van der Waals surface area contributed by atoms with Gasteiger partial charge in [-0.15, -0.1) is 0 Å². The van der Waals surface area contributed by atoms with Gasteiger partial charge in [0.2, 0.25) is 0 Å². The van der Waals surface area contributed by atoms with Crippen LogP contribution in [0.4, 0.5) is 0 Å². The standard InChI is InChI=1S/C18H17N3O3/c1-10-7-8-14-13(9-10)11(2)16(20-14)18(23)24-15-6-4-3-5-12(15)17(22)21-19/h3-9,20H,19H2,1-2H3,(H,21,22). The Morgan fingerprint density at radius 3 is 2.62 bits per heavy atom. The molecule has 1 heterocycles. The second-order valence-corrected chi connectivity index (χ2v) is 5.53. The third-order valence-electron chi connectivity index (χ3n) is 3.88. The molecule has 1 amide bonds. The summed E-state index contributed by atoms with van der Waals surface area (Å²) in [5.41, 5.74) is 5.36. The van der Waals surface area contributed by atoms with Crippen LogP contribution in [0.15, 0.2) is 42.5 Å². The van der Waals surface area contributed by atoms with E-state index in [2.05, 4.69) is 4.98 Å². The van der Waals surface area contributed by atoms with Crippen LogP contribution in [-0.4, -0.2) is 16.9 Å². The van der Waals surface area contributed by atoms with Crippen LogP contribution < -0.4 is 16.0 Å². The molecule has 0 saturated heterocycles. The first-order valence-electron chi connectivity index (χ1n) is 7.42. The molecule has 3 rings (SSSR count). The first kappa shape index (κ1) is 15.8. The Labute approximate surface area is 138 Å². The van der Waals surface area contributed by atoms with Gasteiger partial charge in [-0.25, -0.2) is 10.6 Å². The number of rotatable bonds is 3. The summed E-state index contributed by atoms with van der Waals surface area (Å²) < 4.78 is 5.41. The van der Waals surface area contributed by atoms with E-state index in [-0.39, 0.29) is 11.3 Å². The number of nitrogen functional groups attached to an aromatic ring is 1. The average molecular weight is 323 g/mol. The molecule has 4 N–H and O–H groups in total. The normalized spacial score (nSPS) is 10.6. The molecule has 122 valence electrons. The number of carbonyl (C=O) groups is 2. The van der Waals surface area contributed by atoms with Gasteiger partial charge < -0.3 is 9.72 Å². The van der Waals surface area contributed by atoms with Crippen LogP contribution in [0.1, 0.15) is 32.0 Å². The van der Waals surface area contributed by atoms with E-state index in [0.29, 0.717) is 5.69 Å². The van der Waals surface area contributed by atoms with E-state index in [1.807, 2.05) is 37.5 Å². The number of benzene rings is 2. The number of aromatic nitrogens is 1. The number of ether oxygens (including phenoxy) is 1.